The highest BCUT2D eigenvalue weighted by atomic mass is 35.5. The van der Waals surface area contributed by atoms with Gasteiger partial charge in [0.25, 0.3) is 0 Å². The van der Waals surface area contributed by atoms with E-state index in [1.54, 1.807) is 36.4 Å². The number of aliphatic hydroxyl groups is 1. The summed E-state index contributed by atoms with van der Waals surface area (Å²) in [7, 11) is -3.63. The summed E-state index contributed by atoms with van der Waals surface area (Å²) in [6.07, 6.45) is -0.929. The third-order valence-electron chi connectivity index (χ3n) is 3.02. The van der Waals surface area contributed by atoms with Crippen LogP contribution in [-0.4, -0.2) is 20.1 Å². The van der Waals surface area contributed by atoms with Gasteiger partial charge in [-0.25, -0.2) is 13.1 Å². The van der Waals surface area contributed by atoms with Crippen molar-refractivity contribution in [1.29, 1.82) is 0 Å². The fraction of sp³-hybridized carbons (Fsp3) is 0.200. The van der Waals surface area contributed by atoms with E-state index in [2.05, 4.69) is 4.72 Å². The topological polar surface area (TPSA) is 66.4 Å². The monoisotopic (exact) mass is 325 g/mol. The molecule has 6 heteroatoms. The summed E-state index contributed by atoms with van der Waals surface area (Å²) >= 11 is 5.77. The van der Waals surface area contributed by atoms with Gasteiger partial charge in [0.1, 0.15) is 0 Å². The molecule has 2 N–H and O–H groups in total. The van der Waals surface area contributed by atoms with Crippen LogP contribution in [0.2, 0.25) is 5.02 Å². The van der Waals surface area contributed by atoms with Crippen molar-refractivity contribution in [2.24, 2.45) is 0 Å². The number of aliphatic hydroxyl groups excluding tert-OH is 1. The molecule has 4 nitrogen and oxygen atoms in total. The first-order chi connectivity index (χ1) is 9.88. The van der Waals surface area contributed by atoms with Crippen molar-refractivity contribution in [1.82, 2.24) is 4.72 Å². The molecule has 0 amide bonds. The zero-order valence-electron chi connectivity index (χ0n) is 11.5. The first-order valence-electron chi connectivity index (χ1n) is 6.38. The molecule has 0 radical (unpaired) electrons. The third-order valence-corrected chi connectivity index (χ3v) is 4.69. The van der Waals surface area contributed by atoms with E-state index in [1.807, 2.05) is 13.0 Å². The second-order valence-electron chi connectivity index (χ2n) is 4.74. The van der Waals surface area contributed by atoms with Crippen LogP contribution in [0.3, 0.4) is 0 Å². The highest BCUT2D eigenvalue weighted by Gasteiger charge is 2.16. The molecule has 21 heavy (non-hydrogen) atoms. The van der Waals surface area contributed by atoms with E-state index in [1.165, 1.54) is 6.07 Å². The molecule has 0 aromatic heterocycles. The Morgan fingerprint density at radius 1 is 1.19 bits per heavy atom. The minimum Gasteiger partial charge on any atom is -0.387 e. The SMILES string of the molecule is Cc1cccc(S(=O)(=O)NCC(O)c2ccc(Cl)cc2)c1. The van der Waals surface area contributed by atoms with Crippen LogP contribution in [0.4, 0.5) is 0 Å². The van der Waals surface area contributed by atoms with Crippen LogP contribution in [0, 0.1) is 6.92 Å². The van der Waals surface area contributed by atoms with Gasteiger partial charge in [-0.05, 0) is 42.3 Å². The number of sulfonamides is 1. The molecule has 0 aliphatic carbocycles. The second kappa shape index (κ2) is 6.58. The van der Waals surface area contributed by atoms with Gasteiger partial charge in [0.15, 0.2) is 0 Å². The summed E-state index contributed by atoms with van der Waals surface area (Å²) in [4.78, 5) is 0.186. The molecule has 0 bridgehead atoms. The molecule has 1 unspecified atom stereocenters. The van der Waals surface area contributed by atoms with Crippen LogP contribution < -0.4 is 4.72 Å². The van der Waals surface area contributed by atoms with Gasteiger partial charge in [-0.15, -0.1) is 0 Å². The Balaban J connectivity index is 2.06. The maximum atomic E-state index is 12.1. The lowest BCUT2D eigenvalue weighted by Crippen LogP contribution is -2.28. The van der Waals surface area contributed by atoms with Gasteiger partial charge in [-0.1, -0.05) is 35.9 Å². The van der Waals surface area contributed by atoms with Crippen LogP contribution in [0.5, 0.6) is 0 Å². The molecular weight excluding hydrogens is 310 g/mol. The molecule has 2 aromatic rings. The Morgan fingerprint density at radius 2 is 1.86 bits per heavy atom. The number of hydrogen-bond acceptors (Lipinski definition) is 3. The van der Waals surface area contributed by atoms with Crippen molar-refractivity contribution in [3.05, 3.63) is 64.7 Å². The van der Waals surface area contributed by atoms with Gasteiger partial charge < -0.3 is 5.11 Å². The molecule has 0 fully saturated rings. The predicted octanol–water partition coefficient (Wildman–Crippen LogP) is 2.66. The lowest BCUT2D eigenvalue weighted by Gasteiger charge is -2.13. The Labute approximate surface area is 129 Å². The molecule has 0 heterocycles. The van der Waals surface area contributed by atoms with Crippen molar-refractivity contribution >= 4 is 21.6 Å². The Hall–Kier alpha value is -1.40. The maximum Gasteiger partial charge on any atom is 0.240 e. The van der Waals surface area contributed by atoms with Crippen LogP contribution in [-0.2, 0) is 10.0 Å². The van der Waals surface area contributed by atoms with Crippen LogP contribution in [0.15, 0.2) is 53.4 Å². The molecule has 0 aliphatic rings. The second-order valence-corrected chi connectivity index (χ2v) is 6.94. The number of rotatable bonds is 5. The van der Waals surface area contributed by atoms with Gasteiger partial charge in [0, 0.05) is 11.6 Å². The predicted molar refractivity (Wildman–Crippen MR) is 82.8 cm³/mol. The maximum absolute atomic E-state index is 12.1. The van der Waals surface area contributed by atoms with E-state index in [9.17, 15) is 13.5 Å². The quantitative estimate of drug-likeness (QED) is 0.888. The van der Waals surface area contributed by atoms with Gasteiger partial charge >= 0.3 is 0 Å². The largest absolute Gasteiger partial charge is 0.387 e. The Morgan fingerprint density at radius 3 is 2.48 bits per heavy atom. The van der Waals surface area contributed by atoms with Gasteiger partial charge in [0.05, 0.1) is 11.0 Å². The lowest BCUT2D eigenvalue weighted by molar-refractivity contribution is 0.182. The summed E-state index contributed by atoms with van der Waals surface area (Å²) in [6.45, 7) is 1.72. The number of benzene rings is 2. The minimum absolute atomic E-state index is 0.0993. The third kappa shape index (κ3) is 4.28. The van der Waals surface area contributed by atoms with Crippen molar-refractivity contribution < 1.29 is 13.5 Å². The first kappa shape index (κ1) is 16.0. The normalized spacial score (nSPS) is 13.1. The summed E-state index contributed by atoms with van der Waals surface area (Å²) < 4.78 is 26.7. The molecule has 0 saturated heterocycles. The van der Waals surface area contributed by atoms with Crippen LogP contribution in [0.1, 0.15) is 17.2 Å². The van der Waals surface area contributed by atoms with Crippen LogP contribution in [0.25, 0.3) is 0 Å². The van der Waals surface area contributed by atoms with Crippen molar-refractivity contribution in [3.63, 3.8) is 0 Å². The zero-order valence-corrected chi connectivity index (χ0v) is 13.0. The summed E-state index contributed by atoms with van der Waals surface area (Å²) in [5.74, 6) is 0. The molecule has 2 aromatic carbocycles. The Kier molecular flexibility index (Phi) is 5.00. The molecule has 0 spiro atoms. The smallest absolute Gasteiger partial charge is 0.240 e. The average Bonchev–Trinajstić information content (AvgIpc) is 2.45. The molecule has 2 rings (SSSR count). The summed E-state index contributed by atoms with van der Waals surface area (Å²) in [6, 6.07) is 13.2. The fourth-order valence-electron chi connectivity index (χ4n) is 1.86. The standard InChI is InChI=1S/C15H16ClNO3S/c1-11-3-2-4-14(9-11)21(19,20)17-10-15(18)12-5-7-13(16)8-6-12/h2-9,15,17-18H,10H2,1H3. The molecule has 1 atom stereocenters. The van der Waals surface area contributed by atoms with Gasteiger partial charge in [-0.3, -0.25) is 0 Å². The molecule has 0 saturated carbocycles. The molecule has 112 valence electrons. The van der Waals surface area contributed by atoms with E-state index >= 15 is 0 Å². The van der Waals surface area contributed by atoms with Gasteiger partial charge in [-0.2, -0.15) is 0 Å². The first-order valence-corrected chi connectivity index (χ1v) is 8.24. The van der Waals surface area contributed by atoms with E-state index in [0.29, 0.717) is 10.6 Å². The van der Waals surface area contributed by atoms with Crippen molar-refractivity contribution in [2.75, 3.05) is 6.54 Å². The zero-order chi connectivity index (χ0) is 15.5. The van der Waals surface area contributed by atoms with Crippen LogP contribution >= 0.6 is 11.6 Å². The number of hydrogen-bond donors (Lipinski definition) is 2. The molecular formula is C15H16ClNO3S. The average molecular weight is 326 g/mol. The minimum atomic E-state index is -3.63. The number of aryl methyl sites for hydroxylation is 1. The van der Waals surface area contributed by atoms with E-state index in [0.717, 1.165) is 5.56 Å². The van der Waals surface area contributed by atoms with E-state index in [4.69, 9.17) is 11.6 Å². The molecule has 0 aliphatic heterocycles. The van der Waals surface area contributed by atoms with Crippen molar-refractivity contribution in [2.45, 2.75) is 17.9 Å². The van der Waals surface area contributed by atoms with E-state index in [-0.39, 0.29) is 11.4 Å². The van der Waals surface area contributed by atoms with Gasteiger partial charge in [0.2, 0.25) is 10.0 Å². The lowest BCUT2D eigenvalue weighted by atomic mass is 10.1. The van der Waals surface area contributed by atoms with Crippen molar-refractivity contribution in [3.8, 4) is 0 Å². The Bertz CT molecular complexity index is 714. The van der Waals surface area contributed by atoms with E-state index < -0.39 is 16.1 Å². The number of halogens is 1. The summed E-state index contributed by atoms with van der Waals surface area (Å²) in [5.41, 5.74) is 1.46. The summed E-state index contributed by atoms with van der Waals surface area (Å²) in [5, 5.41) is 10.6. The highest BCUT2D eigenvalue weighted by Crippen LogP contribution is 2.17. The highest BCUT2D eigenvalue weighted by molar-refractivity contribution is 7.89. The number of nitrogens with one attached hydrogen (secondary N) is 1. The fourth-order valence-corrected chi connectivity index (χ4v) is 3.13.